The van der Waals surface area contributed by atoms with E-state index in [1.807, 2.05) is 63.2 Å². The van der Waals surface area contributed by atoms with Crippen LogP contribution in [0.15, 0.2) is 54.9 Å². The average Bonchev–Trinajstić information content (AvgIpc) is 3.13. The van der Waals surface area contributed by atoms with Crippen LogP contribution >= 0.6 is 0 Å². The molecule has 27 heavy (non-hydrogen) atoms. The predicted molar refractivity (Wildman–Crippen MR) is 104 cm³/mol. The predicted octanol–water partition coefficient (Wildman–Crippen LogP) is 4.16. The van der Waals surface area contributed by atoms with E-state index >= 15 is 0 Å². The molecule has 2 heterocycles. The van der Waals surface area contributed by atoms with Crippen molar-refractivity contribution < 1.29 is 9.53 Å². The minimum Gasteiger partial charge on any atom is -0.464 e. The number of benzene rings is 1. The van der Waals surface area contributed by atoms with Crippen molar-refractivity contribution in [3.8, 4) is 22.5 Å². The van der Waals surface area contributed by atoms with Crippen LogP contribution in [0.3, 0.4) is 0 Å². The van der Waals surface area contributed by atoms with Gasteiger partial charge in [0, 0.05) is 23.5 Å². The zero-order chi connectivity index (χ0) is 19.2. The second-order valence-electron chi connectivity index (χ2n) is 6.78. The number of aromatic nitrogens is 4. The van der Waals surface area contributed by atoms with Gasteiger partial charge in [0.25, 0.3) is 0 Å². The molecule has 0 aliphatic carbocycles. The largest absolute Gasteiger partial charge is 0.464 e. The van der Waals surface area contributed by atoms with Gasteiger partial charge in [-0.25, -0.2) is 9.48 Å². The highest BCUT2D eigenvalue weighted by Gasteiger charge is 2.27. The lowest BCUT2D eigenvalue weighted by molar-refractivity contribution is -0.149. The molecule has 3 aromatic rings. The Kier molecular flexibility index (Phi) is 5.96. The van der Waals surface area contributed by atoms with Gasteiger partial charge in [-0.05, 0) is 24.5 Å². The summed E-state index contributed by atoms with van der Waals surface area (Å²) >= 11 is 0. The zero-order valence-electron chi connectivity index (χ0n) is 15.9. The molecule has 0 aliphatic heterocycles. The standard InChI is InChI=1S/C21H24N4O2/c1-4-18(21(26)27-14-15(2)3)25-20(17-8-6-5-7-9-17)19(23-24-25)16-10-12-22-13-11-16/h5-13,15,18H,4,14H2,1-3H3. The van der Waals surface area contributed by atoms with Crippen molar-refractivity contribution in [1.82, 2.24) is 20.0 Å². The van der Waals surface area contributed by atoms with Gasteiger partial charge < -0.3 is 4.74 Å². The maximum atomic E-state index is 12.7. The SMILES string of the molecule is CCC(C(=O)OCC(C)C)n1nnc(-c2ccncc2)c1-c1ccccc1. The summed E-state index contributed by atoms with van der Waals surface area (Å²) in [5.41, 5.74) is 3.37. The Balaban J connectivity index is 2.07. The Morgan fingerprint density at radius 3 is 2.41 bits per heavy atom. The summed E-state index contributed by atoms with van der Waals surface area (Å²) in [4.78, 5) is 16.8. The fourth-order valence-corrected chi connectivity index (χ4v) is 2.87. The third-order valence-electron chi connectivity index (χ3n) is 4.21. The van der Waals surface area contributed by atoms with Crippen molar-refractivity contribution in [2.24, 2.45) is 5.92 Å². The summed E-state index contributed by atoms with van der Waals surface area (Å²) in [5, 5.41) is 8.72. The van der Waals surface area contributed by atoms with Crippen LogP contribution in [0.1, 0.15) is 33.2 Å². The van der Waals surface area contributed by atoms with Crippen molar-refractivity contribution in [3.63, 3.8) is 0 Å². The number of rotatable bonds is 7. The molecule has 0 saturated heterocycles. The first-order chi connectivity index (χ1) is 13.1. The Bertz CT molecular complexity index is 876. The van der Waals surface area contributed by atoms with Crippen molar-refractivity contribution >= 4 is 5.97 Å². The summed E-state index contributed by atoms with van der Waals surface area (Å²) in [6, 6.07) is 13.1. The molecule has 1 unspecified atom stereocenters. The lowest BCUT2D eigenvalue weighted by Crippen LogP contribution is -2.24. The van der Waals surface area contributed by atoms with Crippen LogP contribution in [-0.2, 0) is 9.53 Å². The van der Waals surface area contributed by atoms with Crippen molar-refractivity contribution in [3.05, 3.63) is 54.9 Å². The molecule has 0 radical (unpaired) electrons. The Labute approximate surface area is 159 Å². The molecule has 1 atom stereocenters. The van der Waals surface area contributed by atoms with Crippen LogP contribution in [0.5, 0.6) is 0 Å². The Morgan fingerprint density at radius 2 is 1.78 bits per heavy atom. The number of pyridine rings is 1. The van der Waals surface area contributed by atoms with E-state index in [1.54, 1.807) is 17.1 Å². The van der Waals surface area contributed by atoms with E-state index in [0.29, 0.717) is 13.0 Å². The van der Waals surface area contributed by atoms with Crippen LogP contribution < -0.4 is 0 Å². The number of carbonyl (C=O) groups is 1. The van der Waals surface area contributed by atoms with Crippen LogP contribution in [0.4, 0.5) is 0 Å². The third-order valence-corrected chi connectivity index (χ3v) is 4.21. The van der Waals surface area contributed by atoms with Crippen LogP contribution in [-0.4, -0.2) is 32.6 Å². The molecule has 0 fully saturated rings. The highest BCUT2D eigenvalue weighted by molar-refractivity contribution is 5.81. The molecule has 140 valence electrons. The number of hydrogen-bond donors (Lipinski definition) is 0. The molecule has 2 aromatic heterocycles. The summed E-state index contributed by atoms with van der Waals surface area (Å²) < 4.78 is 7.17. The minimum absolute atomic E-state index is 0.281. The van der Waals surface area contributed by atoms with Gasteiger partial charge in [-0.1, -0.05) is 56.3 Å². The maximum absolute atomic E-state index is 12.7. The topological polar surface area (TPSA) is 69.9 Å². The van der Waals surface area contributed by atoms with E-state index in [2.05, 4.69) is 15.3 Å². The first-order valence-electron chi connectivity index (χ1n) is 9.19. The number of carbonyl (C=O) groups excluding carboxylic acids is 1. The summed E-state index contributed by atoms with van der Waals surface area (Å²) in [5.74, 6) is -0.00210. The number of nitrogens with zero attached hydrogens (tertiary/aromatic N) is 4. The van der Waals surface area contributed by atoms with Gasteiger partial charge >= 0.3 is 5.97 Å². The van der Waals surface area contributed by atoms with E-state index in [4.69, 9.17) is 4.74 Å². The van der Waals surface area contributed by atoms with Gasteiger partial charge in [0.2, 0.25) is 0 Å². The zero-order valence-corrected chi connectivity index (χ0v) is 15.9. The van der Waals surface area contributed by atoms with Gasteiger partial charge in [-0.3, -0.25) is 4.98 Å². The van der Waals surface area contributed by atoms with Crippen molar-refractivity contribution in [2.45, 2.75) is 33.2 Å². The van der Waals surface area contributed by atoms with Gasteiger partial charge in [-0.15, -0.1) is 5.10 Å². The second-order valence-corrected chi connectivity index (χ2v) is 6.78. The molecule has 0 saturated carbocycles. The van der Waals surface area contributed by atoms with E-state index in [9.17, 15) is 4.79 Å². The molecular weight excluding hydrogens is 340 g/mol. The lowest BCUT2D eigenvalue weighted by Gasteiger charge is -2.18. The van der Waals surface area contributed by atoms with Crippen molar-refractivity contribution in [1.29, 1.82) is 0 Å². The van der Waals surface area contributed by atoms with Crippen molar-refractivity contribution in [2.75, 3.05) is 6.61 Å². The highest BCUT2D eigenvalue weighted by atomic mass is 16.5. The van der Waals surface area contributed by atoms with Gasteiger partial charge in [0.1, 0.15) is 5.69 Å². The number of hydrogen-bond acceptors (Lipinski definition) is 5. The molecule has 3 rings (SSSR count). The molecule has 0 aliphatic rings. The van der Waals surface area contributed by atoms with Crippen LogP contribution in [0.2, 0.25) is 0 Å². The molecule has 6 heteroatoms. The third kappa shape index (κ3) is 4.22. The van der Waals surface area contributed by atoms with Gasteiger partial charge in [0.15, 0.2) is 6.04 Å². The van der Waals surface area contributed by atoms with E-state index in [-0.39, 0.29) is 11.9 Å². The smallest absolute Gasteiger partial charge is 0.331 e. The molecule has 0 N–H and O–H groups in total. The minimum atomic E-state index is -0.526. The van der Waals surface area contributed by atoms with E-state index < -0.39 is 6.04 Å². The number of ether oxygens (including phenoxy) is 1. The Morgan fingerprint density at radius 1 is 1.07 bits per heavy atom. The second kappa shape index (κ2) is 8.58. The van der Waals surface area contributed by atoms with E-state index in [1.165, 1.54) is 0 Å². The molecule has 0 spiro atoms. The molecule has 1 aromatic carbocycles. The molecule has 0 bridgehead atoms. The Hall–Kier alpha value is -3.02. The monoisotopic (exact) mass is 364 g/mol. The first-order valence-corrected chi connectivity index (χ1v) is 9.19. The van der Waals surface area contributed by atoms with Gasteiger partial charge in [-0.2, -0.15) is 0 Å². The fraction of sp³-hybridized carbons (Fsp3) is 0.333. The van der Waals surface area contributed by atoms with Crippen LogP contribution in [0, 0.1) is 5.92 Å². The highest BCUT2D eigenvalue weighted by Crippen LogP contribution is 2.32. The molecular formula is C21H24N4O2. The maximum Gasteiger partial charge on any atom is 0.331 e. The van der Waals surface area contributed by atoms with Gasteiger partial charge in [0.05, 0.1) is 12.3 Å². The summed E-state index contributed by atoms with van der Waals surface area (Å²) in [7, 11) is 0. The van der Waals surface area contributed by atoms with E-state index in [0.717, 1.165) is 22.5 Å². The van der Waals surface area contributed by atoms with Crippen LogP contribution in [0.25, 0.3) is 22.5 Å². The normalized spacial score (nSPS) is 12.1. The lowest BCUT2D eigenvalue weighted by atomic mass is 10.0. The molecule has 0 amide bonds. The molecule has 6 nitrogen and oxygen atoms in total. The first kappa shape index (κ1) is 18.8. The quantitative estimate of drug-likeness (QED) is 0.589. The summed E-state index contributed by atoms with van der Waals surface area (Å²) in [6.07, 6.45) is 4.00. The number of esters is 1. The average molecular weight is 364 g/mol. The fourth-order valence-electron chi connectivity index (χ4n) is 2.87. The summed E-state index contributed by atoms with van der Waals surface area (Å²) in [6.45, 7) is 6.37.